The number of fused-ring (bicyclic) bond motifs is 1. The van der Waals surface area contributed by atoms with Crippen molar-refractivity contribution in [3.8, 4) is 0 Å². The second-order valence-corrected chi connectivity index (χ2v) is 3.71. The molecular weight excluding hydrogens is 172 g/mol. The zero-order valence-electron chi connectivity index (χ0n) is 8.29. The summed E-state index contributed by atoms with van der Waals surface area (Å²) < 4.78 is 0. The van der Waals surface area contributed by atoms with Crippen LogP contribution in [0.2, 0.25) is 0 Å². The van der Waals surface area contributed by atoms with E-state index in [-0.39, 0.29) is 6.04 Å². The van der Waals surface area contributed by atoms with Gasteiger partial charge in [-0.05, 0) is 30.0 Å². The molecule has 1 heterocycles. The maximum Gasteiger partial charge on any atom is 0.0478 e. The predicted molar refractivity (Wildman–Crippen MR) is 60.4 cm³/mol. The van der Waals surface area contributed by atoms with Crippen molar-refractivity contribution < 1.29 is 0 Å². The van der Waals surface area contributed by atoms with E-state index in [1.165, 1.54) is 17.7 Å². The van der Waals surface area contributed by atoms with Crippen LogP contribution in [0.5, 0.6) is 0 Å². The van der Waals surface area contributed by atoms with Crippen molar-refractivity contribution in [2.45, 2.75) is 18.9 Å². The average Bonchev–Trinajstić information content (AvgIpc) is 2.27. The smallest absolute Gasteiger partial charge is 0.0478 e. The number of nitrogens with two attached hydrogens (primary N) is 1. The van der Waals surface area contributed by atoms with E-state index in [0.29, 0.717) is 0 Å². The van der Waals surface area contributed by atoms with E-state index in [0.717, 1.165) is 18.5 Å². The molecule has 0 aliphatic carbocycles. The minimum Gasteiger partial charge on any atom is -0.385 e. The fourth-order valence-corrected chi connectivity index (χ4v) is 1.84. The molecule has 2 nitrogen and oxygen atoms in total. The number of nitrogens with one attached hydrogen (secondary N) is 1. The molecule has 0 bridgehead atoms. The zero-order valence-corrected chi connectivity index (χ0v) is 8.29. The highest BCUT2D eigenvalue weighted by Crippen LogP contribution is 2.25. The van der Waals surface area contributed by atoms with E-state index in [4.69, 9.17) is 5.73 Å². The molecule has 1 aliphatic heterocycles. The Hall–Kier alpha value is -1.28. The van der Waals surface area contributed by atoms with E-state index in [1.807, 2.05) is 0 Å². The number of benzene rings is 1. The van der Waals surface area contributed by atoms with Gasteiger partial charge in [-0.25, -0.2) is 0 Å². The molecule has 0 saturated heterocycles. The Labute approximate surface area is 84.8 Å². The first-order chi connectivity index (χ1) is 6.81. The Bertz CT molecular complexity index is 344. The summed E-state index contributed by atoms with van der Waals surface area (Å²) in [5, 5.41) is 3.38. The molecular formula is C12H16N2. The SMILES string of the molecule is C=C[C@@H](N)c1ccc2c(c1)CCCN2. The molecule has 1 aliphatic rings. The number of anilines is 1. The Morgan fingerprint density at radius 1 is 1.50 bits per heavy atom. The van der Waals surface area contributed by atoms with Gasteiger partial charge in [-0.15, -0.1) is 6.58 Å². The molecule has 0 saturated carbocycles. The lowest BCUT2D eigenvalue weighted by Gasteiger charge is -2.19. The third kappa shape index (κ3) is 1.66. The normalized spacial score (nSPS) is 16.6. The van der Waals surface area contributed by atoms with Crippen LogP contribution in [0.15, 0.2) is 30.9 Å². The molecule has 0 fully saturated rings. The number of rotatable bonds is 2. The number of hydrogen-bond acceptors (Lipinski definition) is 2. The fourth-order valence-electron chi connectivity index (χ4n) is 1.84. The van der Waals surface area contributed by atoms with Crippen LogP contribution in [0.25, 0.3) is 0 Å². The van der Waals surface area contributed by atoms with Crippen LogP contribution in [0.4, 0.5) is 5.69 Å². The van der Waals surface area contributed by atoms with Gasteiger partial charge in [0.15, 0.2) is 0 Å². The Morgan fingerprint density at radius 3 is 3.14 bits per heavy atom. The lowest BCUT2D eigenvalue weighted by Crippen LogP contribution is -2.13. The van der Waals surface area contributed by atoms with Gasteiger partial charge in [0.2, 0.25) is 0 Å². The highest BCUT2D eigenvalue weighted by molar-refractivity contribution is 5.54. The Kier molecular flexibility index (Phi) is 2.55. The van der Waals surface area contributed by atoms with Crippen LogP contribution < -0.4 is 11.1 Å². The summed E-state index contributed by atoms with van der Waals surface area (Å²) in [6.07, 6.45) is 4.14. The van der Waals surface area contributed by atoms with Gasteiger partial charge in [0.05, 0.1) is 0 Å². The van der Waals surface area contributed by atoms with E-state index in [9.17, 15) is 0 Å². The summed E-state index contributed by atoms with van der Waals surface area (Å²) >= 11 is 0. The van der Waals surface area contributed by atoms with Gasteiger partial charge in [0.1, 0.15) is 0 Å². The zero-order chi connectivity index (χ0) is 9.97. The topological polar surface area (TPSA) is 38.0 Å². The van der Waals surface area contributed by atoms with E-state index in [2.05, 4.69) is 30.1 Å². The molecule has 1 atom stereocenters. The van der Waals surface area contributed by atoms with Gasteiger partial charge in [-0.2, -0.15) is 0 Å². The minimum atomic E-state index is -0.0396. The third-order valence-corrected chi connectivity index (χ3v) is 2.71. The monoisotopic (exact) mass is 188 g/mol. The molecule has 0 unspecified atom stereocenters. The van der Waals surface area contributed by atoms with Crippen molar-refractivity contribution in [2.75, 3.05) is 11.9 Å². The Balaban J connectivity index is 2.33. The fraction of sp³-hybridized carbons (Fsp3) is 0.333. The van der Waals surface area contributed by atoms with Crippen molar-refractivity contribution in [2.24, 2.45) is 5.73 Å². The summed E-state index contributed by atoms with van der Waals surface area (Å²) in [6.45, 7) is 4.79. The van der Waals surface area contributed by atoms with Gasteiger partial charge < -0.3 is 11.1 Å². The second-order valence-electron chi connectivity index (χ2n) is 3.71. The van der Waals surface area contributed by atoms with Crippen molar-refractivity contribution >= 4 is 5.69 Å². The van der Waals surface area contributed by atoms with Crippen LogP contribution in [0.3, 0.4) is 0 Å². The molecule has 74 valence electrons. The summed E-state index contributed by atoms with van der Waals surface area (Å²) in [4.78, 5) is 0. The molecule has 0 aromatic heterocycles. The maximum atomic E-state index is 5.89. The van der Waals surface area contributed by atoms with E-state index < -0.39 is 0 Å². The first-order valence-electron chi connectivity index (χ1n) is 5.06. The molecule has 0 radical (unpaired) electrons. The van der Waals surface area contributed by atoms with Crippen LogP contribution in [0.1, 0.15) is 23.6 Å². The van der Waals surface area contributed by atoms with Crippen LogP contribution >= 0.6 is 0 Å². The highest BCUT2D eigenvalue weighted by atomic mass is 14.9. The van der Waals surface area contributed by atoms with Crippen molar-refractivity contribution in [1.29, 1.82) is 0 Å². The standard InChI is InChI=1S/C12H16N2/c1-2-11(13)9-5-6-12-10(8-9)4-3-7-14-12/h2,5-6,8,11,14H,1,3-4,7,13H2/t11-/m1/s1. The van der Waals surface area contributed by atoms with E-state index in [1.54, 1.807) is 6.08 Å². The van der Waals surface area contributed by atoms with Crippen molar-refractivity contribution in [3.05, 3.63) is 42.0 Å². The van der Waals surface area contributed by atoms with Gasteiger partial charge >= 0.3 is 0 Å². The lowest BCUT2D eigenvalue weighted by atomic mass is 9.98. The molecule has 1 aromatic rings. The van der Waals surface area contributed by atoms with Crippen LogP contribution in [0, 0.1) is 0 Å². The predicted octanol–water partition coefficient (Wildman–Crippen LogP) is 2.23. The number of hydrogen-bond donors (Lipinski definition) is 2. The second kappa shape index (κ2) is 3.84. The first-order valence-corrected chi connectivity index (χ1v) is 5.06. The summed E-state index contributed by atoms with van der Waals surface area (Å²) in [5.41, 5.74) is 9.69. The highest BCUT2D eigenvalue weighted by Gasteiger charge is 2.10. The van der Waals surface area contributed by atoms with Crippen molar-refractivity contribution in [1.82, 2.24) is 0 Å². The molecule has 0 amide bonds. The molecule has 3 N–H and O–H groups in total. The molecule has 2 heteroatoms. The molecule has 14 heavy (non-hydrogen) atoms. The third-order valence-electron chi connectivity index (χ3n) is 2.71. The largest absolute Gasteiger partial charge is 0.385 e. The van der Waals surface area contributed by atoms with Crippen LogP contribution in [-0.4, -0.2) is 6.54 Å². The number of aryl methyl sites for hydroxylation is 1. The summed E-state index contributed by atoms with van der Waals surface area (Å²) in [5.74, 6) is 0. The first kappa shape index (κ1) is 9.28. The van der Waals surface area contributed by atoms with Crippen molar-refractivity contribution in [3.63, 3.8) is 0 Å². The van der Waals surface area contributed by atoms with Gasteiger partial charge in [-0.1, -0.05) is 18.2 Å². The molecule has 1 aromatic carbocycles. The summed E-state index contributed by atoms with van der Waals surface area (Å²) in [7, 11) is 0. The van der Waals surface area contributed by atoms with Gasteiger partial charge in [-0.3, -0.25) is 0 Å². The average molecular weight is 188 g/mol. The Morgan fingerprint density at radius 2 is 2.36 bits per heavy atom. The van der Waals surface area contributed by atoms with Gasteiger partial charge in [0.25, 0.3) is 0 Å². The maximum absolute atomic E-state index is 5.89. The van der Waals surface area contributed by atoms with E-state index >= 15 is 0 Å². The molecule has 0 spiro atoms. The lowest BCUT2D eigenvalue weighted by molar-refractivity contribution is 0.821. The van der Waals surface area contributed by atoms with Gasteiger partial charge in [0, 0.05) is 18.3 Å². The minimum absolute atomic E-state index is 0.0396. The summed E-state index contributed by atoms with van der Waals surface area (Å²) in [6, 6.07) is 6.34. The van der Waals surface area contributed by atoms with Crippen LogP contribution in [-0.2, 0) is 6.42 Å². The molecule has 2 rings (SSSR count). The quantitative estimate of drug-likeness (QED) is 0.698.